The SMILES string of the molecule is O=C(O)C(F)c1cc2cc(F)ccc2s1. The van der Waals surface area contributed by atoms with Crippen LogP contribution in [-0.2, 0) is 4.79 Å². The molecule has 1 N–H and O–H groups in total. The predicted molar refractivity (Wildman–Crippen MR) is 53.3 cm³/mol. The Hall–Kier alpha value is -1.49. The molecule has 1 heterocycles. The molecule has 0 fully saturated rings. The second-order valence-corrected chi connectivity index (χ2v) is 4.15. The lowest BCUT2D eigenvalue weighted by Gasteiger charge is -1.96. The average Bonchev–Trinajstić information content (AvgIpc) is 2.58. The van der Waals surface area contributed by atoms with Gasteiger partial charge in [-0.2, -0.15) is 0 Å². The normalized spacial score (nSPS) is 12.9. The number of rotatable bonds is 2. The monoisotopic (exact) mass is 228 g/mol. The molecule has 2 rings (SSSR count). The molecule has 1 aromatic carbocycles. The van der Waals surface area contributed by atoms with Crippen molar-refractivity contribution in [3.63, 3.8) is 0 Å². The van der Waals surface area contributed by atoms with E-state index in [4.69, 9.17) is 5.11 Å². The summed E-state index contributed by atoms with van der Waals surface area (Å²) >= 11 is 1.02. The standard InChI is InChI=1S/C10H6F2O2S/c11-6-1-2-7-5(3-6)4-8(15-7)9(12)10(13)14/h1-4,9H,(H,13,14). The summed E-state index contributed by atoms with van der Waals surface area (Å²) in [5, 5.41) is 9.00. The van der Waals surface area contributed by atoms with Crippen LogP contribution in [0.25, 0.3) is 10.1 Å². The Bertz CT molecular complexity index is 521. The molecule has 0 saturated carbocycles. The summed E-state index contributed by atoms with van der Waals surface area (Å²) in [6.07, 6.45) is -2.04. The number of carboxylic acids is 1. The third-order valence-corrected chi connectivity index (χ3v) is 3.12. The van der Waals surface area contributed by atoms with Gasteiger partial charge in [-0.1, -0.05) is 0 Å². The van der Waals surface area contributed by atoms with E-state index >= 15 is 0 Å². The summed E-state index contributed by atoms with van der Waals surface area (Å²) in [5.74, 6) is -1.94. The van der Waals surface area contributed by atoms with E-state index in [1.54, 1.807) is 0 Å². The molecule has 78 valence electrons. The lowest BCUT2D eigenvalue weighted by atomic mass is 10.2. The van der Waals surface area contributed by atoms with Crippen LogP contribution in [-0.4, -0.2) is 11.1 Å². The molecule has 0 aliphatic heterocycles. The maximum Gasteiger partial charge on any atom is 0.343 e. The Kier molecular flexibility index (Phi) is 2.40. The van der Waals surface area contributed by atoms with Gasteiger partial charge in [0.1, 0.15) is 5.82 Å². The minimum atomic E-state index is -2.04. The second kappa shape index (κ2) is 3.58. The van der Waals surface area contributed by atoms with Crippen molar-refractivity contribution in [2.45, 2.75) is 6.17 Å². The molecule has 0 saturated heterocycles. The van der Waals surface area contributed by atoms with Gasteiger partial charge < -0.3 is 5.11 Å². The van der Waals surface area contributed by atoms with Crippen molar-refractivity contribution < 1.29 is 18.7 Å². The van der Waals surface area contributed by atoms with Gasteiger partial charge in [-0.25, -0.2) is 13.6 Å². The van der Waals surface area contributed by atoms with Gasteiger partial charge in [0.25, 0.3) is 0 Å². The molecule has 0 bridgehead atoms. The molecule has 0 aliphatic rings. The quantitative estimate of drug-likeness (QED) is 0.857. The van der Waals surface area contributed by atoms with Gasteiger partial charge in [0.15, 0.2) is 0 Å². The number of thiophene rings is 1. The van der Waals surface area contributed by atoms with Crippen molar-refractivity contribution in [2.24, 2.45) is 0 Å². The van der Waals surface area contributed by atoms with Crippen molar-refractivity contribution in [3.8, 4) is 0 Å². The topological polar surface area (TPSA) is 37.3 Å². The molecule has 1 atom stereocenters. The van der Waals surface area contributed by atoms with E-state index in [0.29, 0.717) is 10.1 Å². The van der Waals surface area contributed by atoms with Crippen molar-refractivity contribution in [3.05, 3.63) is 35.0 Å². The molecule has 1 unspecified atom stereocenters. The first kappa shape index (κ1) is 10.0. The third-order valence-electron chi connectivity index (χ3n) is 1.96. The first-order chi connectivity index (χ1) is 7.08. The molecular weight excluding hydrogens is 222 g/mol. The van der Waals surface area contributed by atoms with Crippen LogP contribution in [0, 0.1) is 5.82 Å². The maximum atomic E-state index is 13.1. The van der Waals surface area contributed by atoms with E-state index in [0.717, 1.165) is 11.3 Å². The van der Waals surface area contributed by atoms with Crippen LogP contribution >= 0.6 is 11.3 Å². The van der Waals surface area contributed by atoms with Crippen molar-refractivity contribution >= 4 is 27.4 Å². The number of carboxylic acid groups (broad SMARTS) is 1. The molecule has 0 amide bonds. The molecule has 0 aliphatic carbocycles. The zero-order valence-electron chi connectivity index (χ0n) is 7.41. The summed E-state index contributed by atoms with van der Waals surface area (Å²) in [6.45, 7) is 0. The van der Waals surface area contributed by atoms with Gasteiger partial charge in [-0.15, -0.1) is 11.3 Å². The highest BCUT2D eigenvalue weighted by molar-refractivity contribution is 7.19. The summed E-state index contributed by atoms with van der Waals surface area (Å²) in [7, 11) is 0. The number of aliphatic carboxylic acids is 1. The van der Waals surface area contributed by atoms with Crippen LogP contribution in [0.4, 0.5) is 8.78 Å². The lowest BCUT2D eigenvalue weighted by Crippen LogP contribution is -2.03. The van der Waals surface area contributed by atoms with Crippen LogP contribution in [0.2, 0.25) is 0 Å². The Labute approximate surface area is 87.8 Å². The zero-order valence-corrected chi connectivity index (χ0v) is 8.22. The minimum absolute atomic E-state index is 0.0862. The molecule has 0 radical (unpaired) electrons. The molecule has 0 spiro atoms. The summed E-state index contributed by atoms with van der Waals surface area (Å²) in [4.78, 5) is 10.5. The van der Waals surface area contributed by atoms with Gasteiger partial charge in [-0.3, -0.25) is 0 Å². The zero-order chi connectivity index (χ0) is 11.0. The van der Waals surface area contributed by atoms with Gasteiger partial charge in [-0.05, 0) is 29.7 Å². The molecule has 1 aromatic heterocycles. The van der Waals surface area contributed by atoms with E-state index in [1.807, 2.05) is 0 Å². The van der Waals surface area contributed by atoms with E-state index < -0.39 is 18.0 Å². The van der Waals surface area contributed by atoms with E-state index in [9.17, 15) is 13.6 Å². The van der Waals surface area contributed by atoms with Crippen LogP contribution in [0.3, 0.4) is 0 Å². The van der Waals surface area contributed by atoms with Gasteiger partial charge in [0.05, 0.1) is 4.88 Å². The van der Waals surface area contributed by atoms with Crippen LogP contribution in [0.1, 0.15) is 11.0 Å². The largest absolute Gasteiger partial charge is 0.479 e. The number of hydrogen-bond donors (Lipinski definition) is 1. The number of alkyl halides is 1. The highest BCUT2D eigenvalue weighted by atomic mass is 32.1. The Morgan fingerprint density at radius 2 is 2.13 bits per heavy atom. The molecule has 2 aromatic rings. The number of hydrogen-bond acceptors (Lipinski definition) is 2. The molecule has 5 heteroatoms. The van der Waals surface area contributed by atoms with Crippen molar-refractivity contribution in [1.82, 2.24) is 0 Å². The maximum absolute atomic E-state index is 13.1. The lowest BCUT2D eigenvalue weighted by molar-refractivity contribution is -0.142. The molecular formula is C10H6F2O2S. The highest BCUT2D eigenvalue weighted by Gasteiger charge is 2.20. The summed E-state index contributed by atoms with van der Waals surface area (Å²) in [5.41, 5.74) is 0. The smallest absolute Gasteiger partial charge is 0.343 e. The number of carbonyl (C=O) groups is 1. The summed E-state index contributed by atoms with van der Waals surface area (Å²) < 4.78 is 26.6. The fraction of sp³-hybridized carbons (Fsp3) is 0.100. The number of fused-ring (bicyclic) bond motifs is 1. The molecule has 2 nitrogen and oxygen atoms in total. The number of benzene rings is 1. The first-order valence-corrected chi connectivity index (χ1v) is 4.95. The van der Waals surface area contributed by atoms with Crippen molar-refractivity contribution in [2.75, 3.05) is 0 Å². The highest BCUT2D eigenvalue weighted by Crippen LogP contribution is 2.32. The van der Waals surface area contributed by atoms with Crippen LogP contribution in [0.5, 0.6) is 0 Å². The fourth-order valence-corrected chi connectivity index (χ4v) is 2.30. The first-order valence-electron chi connectivity index (χ1n) is 4.14. The Morgan fingerprint density at radius 3 is 2.80 bits per heavy atom. The summed E-state index contributed by atoms with van der Waals surface area (Å²) in [6, 6.07) is 5.38. The predicted octanol–water partition coefficient (Wildman–Crippen LogP) is 3.14. The Morgan fingerprint density at radius 1 is 1.40 bits per heavy atom. The minimum Gasteiger partial charge on any atom is -0.479 e. The number of halogens is 2. The van der Waals surface area contributed by atoms with E-state index in [-0.39, 0.29) is 4.88 Å². The van der Waals surface area contributed by atoms with Gasteiger partial charge in [0, 0.05) is 4.70 Å². The average molecular weight is 228 g/mol. The van der Waals surface area contributed by atoms with Crippen LogP contribution < -0.4 is 0 Å². The van der Waals surface area contributed by atoms with E-state index in [2.05, 4.69) is 0 Å². The Balaban J connectivity index is 2.51. The molecule has 15 heavy (non-hydrogen) atoms. The van der Waals surface area contributed by atoms with Gasteiger partial charge in [0.2, 0.25) is 6.17 Å². The fourth-order valence-electron chi connectivity index (χ4n) is 1.28. The van der Waals surface area contributed by atoms with Crippen molar-refractivity contribution in [1.29, 1.82) is 0 Å². The van der Waals surface area contributed by atoms with Gasteiger partial charge >= 0.3 is 5.97 Å². The second-order valence-electron chi connectivity index (χ2n) is 3.03. The van der Waals surface area contributed by atoms with E-state index in [1.165, 1.54) is 24.3 Å². The third kappa shape index (κ3) is 1.83. The van der Waals surface area contributed by atoms with Crippen LogP contribution in [0.15, 0.2) is 24.3 Å².